The Labute approximate surface area is 202 Å². The van der Waals surface area contributed by atoms with Crippen molar-refractivity contribution in [2.75, 3.05) is 24.6 Å². The third kappa shape index (κ3) is 6.96. The van der Waals surface area contributed by atoms with Gasteiger partial charge in [0.25, 0.3) is 5.91 Å². The van der Waals surface area contributed by atoms with E-state index >= 15 is 0 Å². The fourth-order valence-corrected chi connectivity index (χ4v) is 4.17. The molecule has 9 N–H and O–H groups in total. The van der Waals surface area contributed by atoms with E-state index in [1.165, 1.54) is 10.4 Å². The number of guanidine groups is 1. The van der Waals surface area contributed by atoms with Gasteiger partial charge in [-0.3, -0.25) is 15.1 Å². The molecule has 0 saturated heterocycles. The Hall–Kier alpha value is -3.57. The quantitative estimate of drug-likeness (QED) is 0.165. The zero-order valence-electron chi connectivity index (χ0n) is 19.3. The molecule has 0 spiro atoms. The molecule has 0 aliphatic carbocycles. The fraction of sp³-hybridized carbons (Fsp3) is 0.348. The van der Waals surface area contributed by atoms with Gasteiger partial charge in [0.1, 0.15) is 10.8 Å². The first-order chi connectivity index (χ1) is 16.4. The number of carbonyl (C=O) groups excluding carboxylic acids is 1. The van der Waals surface area contributed by atoms with Crippen molar-refractivity contribution < 1.29 is 4.79 Å². The summed E-state index contributed by atoms with van der Waals surface area (Å²) in [6, 6.07) is 8.49. The number of aryl methyl sites for hydroxylation is 3. The maximum atomic E-state index is 12.3. The first-order valence-electron chi connectivity index (χ1n) is 11.1. The fourth-order valence-electron chi connectivity index (χ4n) is 3.22. The van der Waals surface area contributed by atoms with Crippen LogP contribution in [0.15, 0.2) is 35.5 Å². The third-order valence-corrected chi connectivity index (χ3v) is 6.23. The Bertz CT molecular complexity index is 1140. The summed E-state index contributed by atoms with van der Waals surface area (Å²) >= 11 is 1.72. The summed E-state index contributed by atoms with van der Waals surface area (Å²) in [7, 11) is 0. The number of aliphatic imine (C=N–C) groups is 1. The number of amides is 1. The van der Waals surface area contributed by atoms with E-state index in [0.717, 1.165) is 42.7 Å². The van der Waals surface area contributed by atoms with Crippen LogP contribution in [0.4, 0.5) is 11.6 Å². The maximum absolute atomic E-state index is 12.3. The first-order valence-corrected chi connectivity index (χ1v) is 11.9. The van der Waals surface area contributed by atoms with E-state index in [1.54, 1.807) is 18.3 Å². The zero-order valence-corrected chi connectivity index (χ0v) is 20.1. The van der Waals surface area contributed by atoms with E-state index in [9.17, 15) is 4.79 Å². The minimum atomic E-state index is -0.568. The Kier molecular flexibility index (Phi) is 8.88. The third-order valence-electron chi connectivity index (χ3n) is 5.13. The van der Waals surface area contributed by atoms with Gasteiger partial charge in [-0.05, 0) is 51.1 Å². The summed E-state index contributed by atoms with van der Waals surface area (Å²) in [4.78, 5) is 30.2. The number of carbonyl (C=O) groups is 1. The zero-order chi connectivity index (χ0) is 24.5. The van der Waals surface area contributed by atoms with Crippen molar-refractivity contribution in [2.45, 2.75) is 39.0 Å². The van der Waals surface area contributed by atoms with Crippen molar-refractivity contribution in [3.8, 4) is 10.6 Å². The lowest BCUT2D eigenvalue weighted by atomic mass is 10.1. The highest BCUT2D eigenvalue weighted by Gasteiger charge is 2.15. The van der Waals surface area contributed by atoms with Crippen molar-refractivity contribution in [3.05, 3.63) is 52.3 Å². The second kappa shape index (κ2) is 12.1. The Morgan fingerprint density at radius 2 is 1.82 bits per heavy atom. The number of benzene rings is 1. The molecule has 0 saturated carbocycles. The summed E-state index contributed by atoms with van der Waals surface area (Å²) in [5, 5.41) is 3.52. The summed E-state index contributed by atoms with van der Waals surface area (Å²) in [6.07, 6.45) is 6.61. The molecule has 3 aromatic rings. The second-order valence-electron chi connectivity index (χ2n) is 7.83. The smallest absolute Gasteiger partial charge is 0.280 e. The molecule has 0 radical (unpaired) electrons. The van der Waals surface area contributed by atoms with Gasteiger partial charge < -0.3 is 22.9 Å². The Balaban J connectivity index is 1.42. The van der Waals surface area contributed by atoms with Crippen LogP contribution in [0.1, 0.15) is 45.9 Å². The SMILES string of the molecule is Cc1nc(C(=O)NC(N)=NCCCCc2ccc(-c3ncc(CCCN)s3)cc2)c(N)nc1N. The summed E-state index contributed by atoms with van der Waals surface area (Å²) in [5.74, 6) is -0.428. The van der Waals surface area contributed by atoms with E-state index in [2.05, 4.69) is 49.5 Å². The molecular weight excluding hydrogens is 450 g/mol. The molecule has 34 heavy (non-hydrogen) atoms. The molecule has 0 atom stereocenters. The number of nitrogens with two attached hydrogens (primary N) is 4. The number of unbranched alkanes of at least 4 members (excludes halogenated alkanes) is 1. The van der Waals surface area contributed by atoms with Crippen LogP contribution in [0.2, 0.25) is 0 Å². The number of hydrogen-bond donors (Lipinski definition) is 5. The maximum Gasteiger partial charge on any atom is 0.280 e. The van der Waals surface area contributed by atoms with Crippen LogP contribution in [0, 0.1) is 6.92 Å². The number of nitrogens with one attached hydrogen (secondary N) is 1. The molecular formula is C23H31N9OS. The van der Waals surface area contributed by atoms with Crippen LogP contribution in [-0.2, 0) is 12.8 Å². The molecule has 11 heteroatoms. The van der Waals surface area contributed by atoms with Crippen LogP contribution in [0.3, 0.4) is 0 Å². The van der Waals surface area contributed by atoms with Gasteiger partial charge in [-0.2, -0.15) is 0 Å². The number of rotatable bonds is 10. The predicted molar refractivity (Wildman–Crippen MR) is 137 cm³/mol. The van der Waals surface area contributed by atoms with Crippen molar-refractivity contribution in [1.29, 1.82) is 0 Å². The largest absolute Gasteiger partial charge is 0.382 e. The highest BCUT2D eigenvalue weighted by molar-refractivity contribution is 7.15. The number of thiazole rings is 1. The van der Waals surface area contributed by atoms with Crippen molar-refractivity contribution in [2.24, 2.45) is 16.5 Å². The van der Waals surface area contributed by atoms with Crippen molar-refractivity contribution >= 4 is 34.8 Å². The molecule has 3 rings (SSSR count). The highest BCUT2D eigenvalue weighted by atomic mass is 32.1. The van der Waals surface area contributed by atoms with Crippen LogP contribution < -0.4 is 28.3 Å². The molecule has 0 aliphatic rings. The van der Waals surface area contributed by atoms with Gasteiger partial charge >= 0.3 is 0 Å². The molecule has 1 aromatic carbocycles. The monoisotopic (exact) mass is 481 g/mol. The van der Waals surface area contributed by atoms with Crippen LogP contribution in [-0.4, -0.2) is 39.9 Å². The predicted octanol–water partition coefficient (Wildman–Crippen LogP) is 2.03. The average molecular weight is 482 g/mol. The van der Waals surface area contributed by atoms with Crippen LogP contribution in [0.5, 0.6) is 0 Å². The minimum absolute atomic E-state index is 0.0133. The lowest BCUT2D eigenvalue weighted by Gasteiger charge is -2.08. The summed E-state index contributed by atoms with van der Waals surface area (Å²) in [5.41, 5.74) is 25.5. The molecule has 0 aliphatic heterocycles. The molecule has 10 nitrogen and oxygen atoms in total. The number of nitrogen functional groups attached to an aromatic ring is 2. The molecule has 1 amide bonds. The topological polar surface area (TPSA) is 184 Å². The molecule has 0 fully saturated rings. The summed E-state index contributed by atoms with van der Waals surface area (Å²) < 4.78 is 0. The van der Waals surface area contributed by atoms with E-state index in [-0.39, 0.29) is 23.3 Å². The standard InChI is InChI=1S/C23H31N9OS/c1-14-19(25)31-20(26)18(30-14)21(33)32-23(27)28-12-3-2-5-15-7-9-16(10-8-15)22-29-13-17(34-22)6-4-11-24/h7-10,13H,2-6,11-12,24H2,1H3,(H4,25,26,31)(H3,27,28,32,33). The normalized spacial score (nSPS) is 11.5. The molecule has 180 valence electrons. The Morgan fingerprint density at radius 3 is 2.56 bits per heavy atom. The number of hydrogen-bond acceptors (Lipinski definition) is 9. The molecule has 0 bridgehead atoms. The van der Waals surface area contributed by atoms with Crippen molar-refractivity contribution in [3.63, 3.8) is 0 Å². The number of anilines is 2. The van der Waals surface area contributed by atoms with Crippen LogP contribution >= 0.6 is 11.3 Å². The minimum Gasteiger partial charge on any atom is -0.382 e. The van der Waals surface area contributed by atoms with E-state index < -0.39 is 5.91 Å². The second-order valence-corrected chi connectivity index (χ2v) is 8.94. The van der Waals surface area contributed by atoms with Gasteiger partial charge in [0.05, 0.1) is 5.69 Å². The van der Waals surface area contributed by atoms with Gasteiger partial charge in [-0.25, -0.2) is 15.0 Å². The van der Waals surface area contributed by atoms with Crippen LogP contribution in [0.25, 0.3) is 10.6 Å². The van der Waals surface area contributed by atoms with Gasteiger partial charge in [-0.1, -0.05) is 24.3 Å². The highest BCUT2D eigenvalue weighted by Crippen LogP contribution is 2.26. The molecule has 2 heterocycles. The molecule has 2 aromatic heterocycles. The lowest BCUT2D eigenvalue weighted by molar-refractivity contribution is 0.0972. The lowest BCUT2D eigenvalue weighted by Crippen LogP contribution is -2.38. The van der Waals surface area contributed by atoms with Gasteiger partial charge in [0.2, 0.25) is 0 Å². The number of nitrogens with zero attached hydrogens (tertiary/aromatic N) is 4. The Morgan fingerprint density at radius 1 is 1.06 bits per heavy atom. The van der Waals surface area contributed by atoms with E-state index in [0.29, 0.717) is 18.8 Å². The number of aromatic nitrogens is 3. The van der Waals surface area contributed by atoms with Gasteiger partial charge in [-0.15, -0.1) is 11.3 Å². The summed E-state index contributed by atoms with van der Waals surface area (Å²) in [6.45, 7) is 2.84. The van der Waals surface area contributed by atoms with Crippen molar-refractivity contribution in [1.82, 2.24) is 20.3 Å². The van der Waals surface area contributed by atoms with E-state index in [4.69, 9.17) is 22.9 Å². The average Bonchev–Trinajstić information content (AvgIpc) is 3.29. The van der Waals surface area contributed by atoms with Gasteiger partial charge in [0, 0.05) is 23.2 Å². The van der Waals surface area contributed by atoms with E-state index in [1.807, 2.05) is 6.20 Å². The first kappa shape index (κ1) is 25.1. The molecule has 0 unspecified atom stereocenters. The van der Waals surface area contributed by atoms with Gasteiger partial charge in [0.15, 0.2) is 17.5 Å².